The Kier molecular flexibility index (Phi) is 18.9. The first kappa shape index (κ1) is 29.2. The molecule has 2 heterocycles. The van der Waals surface area contributed by atoms with Crippen LogP contribution in [0.15, 0.2) is 15.0 Å². The quantitative estimate of drug-likeness (QED) is 0.219. The maximum atomic E-state index is 10.6. The summed E-state index contributed by atoms with van der Waals surface area (Å²) in [5, 5.41) is 8.30. The molecule has 2 aliphatic heterocycles. The van der Waals surface area contributed by atoms with E-state index in [9.17, 15) is 9.59 Å². The van der Waals surface area contributed by atoms with E-state index >= 15 is 0 Å². The Morgan fingerprint density at radius 1 is 1.25 bits per heavy atom. The van der Waals surface area contributed by atoms with Crippen LogP contribution >= 0.6 is 0 Å². The molecule has 0 saturated carbocycles. The van der Waals surface area contributed by atoms with Crippen molar-refractivity contribution in [3.05, 3.63) is 6.17 Å². The van der Waals surface area contributed by atoms with Crippen LogP contribution in [0.5, 0.6) is 0 Å². The van der Waals surface area contributed by atoms with Gasteiger partial charge in [0.2, 0.25) is 5.91 Å². The van der Waals surface area contributed by atoms with Crippen LogP contribution in [0, 0.1) is 6.17 Å². The van der Waals surface area contributed by atoms with Crippen molar-refractivity contribution in [1.29, 1.82) is 0 Å². The SMILES string of the molecule is CCC1=NC(NC)C1.CNCNC(=O)CC(C)=O.C[C-]=N[C-]1CC(CC)=N1.[Y]. The molecule has 28 heavy (non-hydrogen) atoms. The minimum atomic E-state index is -0.234. The average Bonchev–Trinajstić information content (AvgIpc) is 2.56. The third-order valence-electron chi connectivity index (χ3n) is 3.68. The predicted octanol–water partition coefficient (Wildman–Crippen LogP) is 1.74. The Balaban J connectivity index is 0. The Morgan fingerprint density at radius 2 is 1.82 bits per heavy atom. The Hall–Kier alpha value is -0.956. The van der Waals surface area contributed by atoms with Crippen molar-refractivity contribution >= 4 is 29.3 Å². The molecule has 0 aliphatic carbocycles. The number of rotatable bonds is 8. The van der Waals surface area contributed by atoms with Crippen molar-refractivity contribution in [2.24, 2.45) is 15.0 Å². The van der Waals surface area contributed by atoms with Gasteiger partial charge in [-0.15, -0.1) is 0 Å². The van der Waals surface area contributed by atoms with Gasteiger partial charge in [-0.25, -0.2) is 0 Å². The van der Waals surface area contributed by atoms with Gasteiger partial charge < -0.3 is 26.8 Å². The standard InChI is InChI=1S/C7H10N2.C6H12N2O2.C6H12N2.Y/c1-3-6-5-7(9-6)8-4-2;1-5(9)3-6(10)8-4-7-2;1-3-5-4-6(7-2)8-5;/h3,5H2,1-2H3;7H,3-4H2,1-2H3,(H,8,10);6-7H,3-4H2,1-2H3;/q-2;;;. The second-order valence-electron chi connectivity index (χ2n) is 6.03. The molecule has 1 atom stereocenters. The van der Waals surface area contributed by atoms with Crippen LogP contribution in [-0.2, 0) is 42.3 Å². The third-order valence-corrected chi connectivity index (χ3v) is 3.68. The number of carbonyl (C=O) groups is 2. The van der Waals surface area contributed by atoms with Crippen LogP contribution in [0.3, 0.4) is 0 Å². The van der Waals surface area contributed by atoms with Gasteiger partial charge in [0.25, 0.3) is 0 Å². The fraction of sp³-hybridized carbons (Fsp3) is 0.684. The first-order chi connectivity index (χ1) is 12.9. The summed E-state index contributed by atoms with van der Waals surface area (Å²) in [6.07, 6.45) is 8.34. The van der Waals surface area contributed by atoms with E-state index in [0.29, 0.717) is 12.8 Å². The van der Waals surface area contributed by atoms with Crippen LogP contribution in [0.4, 0.5) is 0 Å². The number of amides is 1. The summed E-state index contributed by atoms with van der Waals surface area (Å²) in [6, 6.07) is 0. The normalized spacial score (nSPS) is 16.6. The molecule has 157 valence electrons. The van der Waals surface area contributed by atoms with E-state index < -0.39 is 0 Å². The summed E-state index contributed by atoms with van der Waals surface area (Å²) in [5.41, 5.74) is 2.60. The van der Waals surface area contributed by atoms with E-state index in [2.05, 4.69) is 51.0 Å². The van der Waals surface area contributed by atoms with Gasteiger partial charge in [0, 0.05) is 44.8 Å². The summed E-state index contributed by atoms with van der Waals surface area (Å²) < 4.78 is 0. The molecule has 2 aliphatic rings. The monoisotopic (exact) mass is 467 g/mol. The molecule has 2 rings (SSSR count). The zero-order valence-corrected chi connectivity index (χ0v) is 20.9. The first-order valence-electron chi connectivity index (χ1n) is 9.33. The second-order valence-corrected chi connectivity index (χ2v) is 6.03. The molecule has 0 aromatic heterocycles. The summed E-state index contributed by atoms with van der Waals surface area (Å²) in [7, 11) is 3.66. The number of carbonyl (C=O) groups excluding carboxylic acids is 2. The van der Waals surface area contributed by atoms with Gasteiger partial charge in [-0.2, -0.15) is 13.1 Å². The minimum Gasteiger partial charge on any atom is -0.637 e. The molecule has 3 N–H and O–H groups in total. The predicted molar refractivity (Wildman–Crippen MR) is 111 cm³/mol. The molecule has 1 radical (unpaired) electrons. The maximum Gasteiger partial charge on any atom is 0.228 e. The van der Waals surface area contributed by atoms with Crippen molar-refractivity contribution in [2.45, 2.75) is 66.0 Å². The fourth-order valence-corrected chi connectivity index (χ4v) is 2.06. The van der Waals surface area contributed by atoms with E-state index in [4.69, 9.17) is 0 Å². The van der Waals surface area contributed by atoms with Crippen LogP contribution in [0.1, 0.15) is 59.8 Å². The Bertz CT molecular complexity index is 549. The van der Waals surface area contributed by atoms with Crippen molar-refractivity contribution < 1.29 is 42.3 Å². The van der Waals surface area contributed by atoms with Gasteiger partial charge in [0.1, 0.15) is 11.9 Å². The van der Waals surface area contributed by atoms with Crippen molar-refractivity contribution in [3.63, 3.8) is 0 Å². The third kappa shape index (κ3) is 14.1. The first-order valence-corrected chi connectivity index (χ1v) is 9.33. The van der Waals surface area contributed by atoms with Crippen LogP contribution in [0.2, 0.25) is 0 Å². The number of Topliss-reactive ketones (excluding diaryl/α,β-unsaturated/α-hetero) is 1. The molecule has 0 aromatic rings. The largest absolute Gasteiger partial charge is 0.637 e. The molecule has 1 unspecified atom stereocenters. The van der Waals surface area contributed by atoms with Gasteiger partial charge in [0.05, 0.1) is 13.1 Å². The summed E-state index contributed by atoms with van der Waals surface area (Å²) in [4.78, 5) is 33.3. The molecule has 9 heteroatoms. The number of ketones is 1. The van der Waals surface area contributed by atoms with E-state index in [0.717, 1.165) is 31.8 Å². The molecule has 0 aromatic carbocycles. The summed E-state index contributed by atoms with van der Waals surface area (Å²) >= 11 is 0. The van der Waals surface area contributed by atoms with Gasteiger partial charge in [-0.3, -0.25) is 19.9 Å². The number of hydrogen-bond donors (Lipinski definition) is 3. The van der Waals surface area contributed by atoms with E-state index in [1.807, 2.05) is 7.05 Å². The van der Waals surface area contributed by atoms with Crippen LogP contribution < -0.4 is 16.0 Å². The Labute approximate surface area is 194 Å². The number of nitrogens with one attached hydrogen (secondary N) is 3. The number of aliphatic imine (C=N–C) groups is 3. The van der Waals surface area contributed by atoms with E-state index in [-0.39, 0.29) is 50.8 Å². The molecule has 0 fully saturated rings. The van der Waals surface area contributed by atoms with Crippen molar-refractivity contribution in [2.75, 3.05) is 20.8 Å². The van der Waals surface area contributed by atoms with Gasteiger partial charge in [-0.05, 0) is 39.6 Å². The maximum absolute atomic E-state index is 10.6. The van der Waals surface area contributed by atoms with Crippen molar-refractivity contribution in [3.8, 4) is 0 Å². The smallest absolute Gasteiger partial charge is 0.228 e. The molecule has 0 saturated heterocycles. The number of hydrogen-bond acceptors (Lipinski definition) is 7. The molecular weight excluding hydrogens is 433 g/mol. The molecule has 0 spiro atoms. The molecule has 0 bridgehead atoms. The van der Waals surface area contributed by atoms with E-state index in [1.165, 1.54) is 18.3 Å². The Morgan fingerprint density at radius 3 is 2.21 bits per heavy atom. The van der Waals surface area contributed by atoms with Gasteiger partial charge in [-0.1, -0.05) is 20.3 Å². The summed E-state index contributed by atoms with van der Waals surface area (Å²) in [5.74, 6) is -0.351. The van der Waals surface area contributed by atoms with Crippen molar-refractivity contribution in [1.82, 2.24) is 16.0 Å². The van der Waals surface area contributed by atoms with Crippen LogP contribution in [0.25, 0.3) is 0 Å². The molecular formula is C19H34N6O2Y-2. The van der Waals surface area contributed by atoms with E-state index in [1.54, 1.807) is 14.0 Å². The minimum absolute atomic E-state index is 0. The number of nitrogens with zero attached hydrogens (tertiary/aromatic N) is 3. The summed E-state index contributed by atoms with van der Waals surface area (Å²) in [6.45, 7) is 7.83. The zero-order chi connectivity index (χ0) is 20.7. The zero-order valence-electron chi connectivity index (χ0n) is 18.1. The van der Waals surface area contributed by atoms with Gasteiger partial charge in [0.15, 0.2) is 0 Å². The van der Waals surface area contributed by atoms with Gasteiger partial charge >= 0.3 is 0 Å². The van der Waals surface area contributed by atoms with Crippen LogP contribution in [-0.4, -0.2) is 56.3 Å². The topological polar surface area (TPSA) is 107 Å². The molecule has 8 nitrogen and oxygen atoms in total. The second kappa shape index (κ2) is 18.1. The fourth-order valence-electron chi connectivity index (χ4n) is 2.06. The molecule has 1 amide bonds. The average molecular weight is 467 g/mol.